The third-order valence-corrected chi connectivity index (χ3v) is 5.67. The molecule has 0 radical (unpaired) electrons. The maximum Gasteiger partial charge on any atom is 0.307 e. The normalized spacial score (nSPS) is 20.1. The molecule has 0 N–H and O–H groups in total. The second-order valence-electron chi connectivity index (χ2n) is 4.00. The van der Waals surface area contributed by atoms with E-state index < -0.39 is 27.8 Å². The molecule has 0 saturated carbocycles. The summed E-state index contributed by atoms with van der Waals surface area (Å²) in [7, 11) is -4.76. The number of amides is 1. The minimum absolute atomic E-state index is 0.112. The van der Waals surface area contributed by atoms with Gasteiger partial charge in [-0.2, -0.15) is 8.42 Å². The fourth-order valence-electron chi connectivity index (χ4n) is 1.82. The summed E-state index contributed by atoms with van der Waals surface area (Å²) in [6, 6.07) is 3.09. The molecule has 1 atom stereocenters. The first-order valence-electron chi connectivity index (χ1n) is 5.09. The highest BCUT2D eigenvalue weighted by atomic mass is 79.9. The van der Waals surface area contributed by atoms with Crippen LogP contribution in [0.5, 0.6) is 0 Å². The smallest absolute Gasteiger partial charge is 0.307 e. The van der Waals surface area contributed by atoms with Gasteiger partial charge in [-0.05, 0) is 28.1 Å². The molecule has 0 aromatic heterocycles. The first-order valence-corrected chi connectivity index (χ1v) is 8.08. The van der Waals surface area contributed by atoms with Crippen LogP contribution in [0.15, 0.2) is 16.6 Å². The number of rotatable bonds is 2. The van der Waals surface area contributed by atoms with E-state index in [0.29, 0.717) is 4.47 Å². The zero-order valence-corrected chi connectivity index (χ0v) is 13.2. The van der Waals surface area contributed by atoms with E-state index in [1.54, 1.807) is 6.07 Å². The van der Waals surface area contributed by atoms with Gasteiger partial charge in [-0.1, -0.05) is 23.2 Å². The molecular weight excluding hydrogens is 384 g/mol. The maximum atomic E-state index is 12.9. The number of nitrogens with zero attached hydrogens (tertiary/aromatic N) is 1. The van der Waals surface area contributed by atoms with Gasteiger partial charge in [0.2, 0.25) is 5.91 Å². The average Bonchev–Trinajstić information content (AvgIpc) is 2.68. The van der Waals surface area contributed by atoms with Crippen LogP contribution in [0.3, 0.4) is 0 Å². The predicted octanol–water partition coefficient (Wildman–Crippen LogP) is 3.16. The zero-order valence-electron chi connectivity index (χ0n) is 9.24. The maximum absolute atomic E-state index is 12.9. The van der Waals surface area contributed by atoms with E-state index in [1.165, 1.54) is 6.07 Å². The number of anilines is 1. The van der Waals surface area contributed by atoms with Crippen molar-refractivity contribution in [2.45, 2.75) is 11.7 Å². The molecule has 1 unspecified atom stereocenters. The van der Waals surface area contributed by atoms with Crippen molar-refractivity contribution in [3.05, 3.63) is 26.7 Å². The van der Waals surface area contributed by atoms with Crippen molar-refractivity contribution < 1.29 is 17.1 Å². The lowest BCUT2D eigenvalue weighted by Crippen LogP contribution is -2.27. The van der Waals surface area contributed by atoms with Crippen LogP contribution >= 0.6 is 39.1 Å². The third kappa shape index (κ3) is 2.89. The Morgan fingerprint density at radius 3 is 2.47 bits per heavy atom. The third-order valence-electron chi connectivity index (χ3n) is 2.79. The molecule has 1 fully saturated rings. The number of hydrogen-bond acceptors (Lipinski definition) is 3. The molecule has 1 aromatic rings. The highest BCUT2D eigenvalue weighted by Gasteiger charge is 2.39. The van der Waals surface area contributed by atoms with Crippen LogP contribution in [-0.4, -0.2) is 26.1 Å². The van der Waals surface area contributed by atoms with Crippen molar-refractivity contribution in [2.75, 3.05) is 11.4 Å². The summed E-state index contributed by atoms with van der Waals surface area (Å²) in [5.41, 5.74) is 0.269. The first-order chi connectivity index (χ1) is 8.71. The standard InChI is InChI=1S/C10H7BrCl2FNO3S/c11-6-1-2-7(10(13)9(6)12)15-4-5(3-8(15)16)19(14,17)18/h1-2,5H,3-4H2. The van der Waals surface area contributed by atoms with E-state index in [0.717, 1.165) is 4.90 Å². The Balaban J connectivity index is 2.39. The van der Waals surface area contributed by atoms with Gasteiger partial charge in [0.15, 0.2) is 0 Å². The topological polar surface area (TPSA) is 54.5 Å². The van der Waals surface area contributed by atoms with Crippen LogP contribution in [0.4, 0.5) is 9.57 Å². The molecule has 0 aliphatic carbocycles. The van der Waals surface area contributed by atoms with Gasteiger partial charge in [0.1, 0.15) is 5.25 Å². The average molecular weight is 391 g/mol. The molecule has 1 aromatic carbocycles. The van der Waals surface area contributed by atoms with Gasteiger partial charge in [-0.3, -0.25) is 4.79 Å². The summed E-state index contributed by atoms with van der Waals surface area (Å²) in [6.07, 6.45) is -0.400. The quantitative estimate of drug-likeness (QED) is 0.575. The number of benzene rings is 1. The van der Waals surface area contributed by atoms with Gasteiger partial charge in [0, 0.05) is 17.4 Å². The van der Waals surface area contributed by atoms with Crippen LogP contribution in [-0.2, 0) is 15.0 Å². The summed E-state index contributed by atoms with van der Waals surface area (Å²) in [5, 5.41) is -1.04. The van der Waals surface area contributed by atoms with Crippen LogP contribution < -0.4 is 4.90 Å². The number of hydrogen-bond donors (Lipinski definition) is 0. The fraction of sp³-hybridized carbons (Fsp3) is 0.300. The molecule has 4 nitrogen and oxygen atoms in total. The summed E-state index contributed by atoms with van der Waals surface area (Å²) in [4.78, 5) is 12.9. The Morgan fingerprint density at radius 1 is 1.32 bits per heavy atom. The summed E-state index contributed by atoms with van der Waals surface area (Å²) < 4.78 is 35.2. The molecular formula is C10H7BrCl2FNO3S. The van der Waals surface area contributed by atoms with Crippen molar-refractivity contribution in [3.8, 4) is 0 Å². The Labute approximate surface area is 127 Å². The second kappa shape index (κ2) is 5.20. The van der Waals surface area contributed by atoms with Crippen molar-refractivity contribution in [1.29, 1.82) is 0 Å². The Hall–Kier alpha value is -0.370. The van der Waals surface area contributed by atoms with E-state index in [4.69, 9.17) is 23.2 Å². The van der Waals surface area contributed by atoms with Crippen molar-refractivity contribution in [2.24, 2.45) is 0 Å². The van der Waals surface area contributed by atoms with Gasteiger partial charge in [0.05, 0.1) is 15.7 Å². The first kappa shape index (κ1) is 15.0. The van der Waals surface area contributed by atoms with E-state index in [-0.39, 0.29) is 22.3 Å². The number of carbonyl (C=O) groups is 1. The van der Waals surface area contributed by atoms with Gasteiger partial charge >= 0.3 is 10.2 Å². The summed E-state index contributed by atoms with van der Waals surface area (Å²) >= 11 is 15.1. The van der Waals surface area contributed by atoms with Crippen LogP contribution in [0.2, 0.25) is 10.0 Å². The molecule has 1 aliphatic rings. The second-order valence-corrected chi connectivity index (χ2v) is 7.23. The molecule has 19 heavy (non-hydrogen) atoms. The molecule has 1 heterocycles. The van der Waals surface area contributed by atoms with E-state index in [2.05, 4.69) is 15.9 Å². The van der Waals surface area contributed by atoms with Gasteiger partial charge in [-0.15, -0.1) is 3.89 Å². The Kier molecular flexibility index (Phi) is 4.11. The van der Waals surface area contributed by atoms with Crippen molar-refractivity contribution in [1.82, 2.24) is 0 Å². The minimum Gasteiger partial charge on any atom is -0.309 e. The van der Waals surface area contributed by atoms with Gasteiger partial charge in [0.25, 0.3) is 0 Å². The van der Waals surface area contributed by atoms with Gasteiger partial charge in [-0.25, -0.2) is 0 Å². The number of halogens is 4. The molecule has 104 valence electrons. The molecule has 0 bridgehead atoms. The van der Waals surface area contributed by atoms with Gasteiger partial charge < -0.3 is 4.90 Å². The summed E-state index contributed by atoms with van der Waals surface area (Å²) in [5.74, 6) is -0.508. The summed E-state index contributed by atoms with van der Waals surface area (Å²) in [6.45, 7) is -0.269. The molecule has 1 saturated heterocycles. The van der Waals surface area contributed by atoms with E-state index in [9.17, 15) is 17.1 Å². The largest absolute Gasteiger partial charge is 0.309 e. The molecule has 1 amide bonds. The van der Waals surface area contributed by atoms with Crippen LogP contribution in [0.1, 0.15) is 6.42 Å². The number of carbonyl (C=O) groups excluding carboxylic acids is 1. The molecule has 1 aliphatic heterocycles. The fourth-order valence-corrected chi connectivity index (χ4v) is 3.36. The zero-order chi connectivity index (χ0) is 14.4. The Bertz CT molecular complexity index is 652. The molecule has 9 heteroatoms. The lowest BCUT2D eigenvalue weighted by atomic mass is 10.3. The highest BCUT2D eigenvalue weighted by molar-refractivity contribution is 9.10. The van der Waals surface area contributed by atoms with Crippen LogP contribution in [0, 0.1) is 0 Å². The predicted molar refractivity (Wildman–Crippen MR) is 74.9 cm³/mol. The van der Waals surface area contributed by atoms with Crippen molar-refractivity contribution >= 4 is 60.9 Å². The molecule has 0 spiro atoms. The molecule has 2 rings (SSSR count). The Morgan fingerprint density at radius 2 is 1.95 bits per heavy atom. The van der Waals surface area contributed by atoms with Crippen LogP contribution in [0.25, 0.3) is 0 Å². The monoisotopic (exact) mass is 389 g/mol. The lowest BCUT2D eigenvalue weighted by molar-refractivity contribution is -0.117. The van der Waals surface area contributed by atoms with E-state index in [1.807, 2.05) is 0 Å². The SMILES string of the molecule is O=C1CC(S(=O)(=O)F)CN1c1ccc(Br)c(Cl)c1Cl. The lowest BCUT2D eigenvalue weighted by Gasteiger charge is -2.18. The highest BCUT2D eigenvalue weighted by Crippen LogP contribution is 2.39. The van der Waals surface area contributed by atoms with Crippen molar-refractivity contribution in [3.63, 3.8) is 0 Å². The van der Waals surface area contributed by atoms with E-state index >= 15 is 0 Å². The minimum atomic E-state index is -4.76.